The van der Waals surface area contributed by atoms with Crippen LogP contribution in [0.3, 0.4) is 0 Å². The normalized spacial score (nSPS) is 12.6. The van der Waals surface area contributed by atoms with Crippen molar-refractivity contribution in [2.24, 2.45) is 10.2 Å². The van der Waals surface area contributed by atoms with E-state index in [0.717, 1.165) is 60.6 Å². The summed E-state index contributed by atoms with van der Waals surface area (Å²) in [7, 11) is 0. The molecule has 2 unspecified atom stereocenters. The first-order chi connectivity index (χ1) is 18.3. The number of rotatable bonds is 12. The van der Waals surface area contributed by atoms with Gasteiger partial charge in [0.05, 0.1) is 65.9 Å². The van der Waals surface area contributed by atoms with Crippen LogP contribution in [0.5, 0.6) is 0 Å². The molecule has 0 bridgehead atoms. The molecule has 0 aliphatic heterocycles. The number of hydrogen-bond donors (Lipinski definition) is 2. The highest BCUT2D eigenvalue weighted by Crippen LogP contribution is 2.24. The number of nitrogens with one attached hydrogen (secondary N) is 2. The summed E-state index contributed by atoms with van der Waals surface area (Å²) >= 11 is 0.896. The number of thioether (sulfide) groups is 1. The average molecular weight is 562 g/mol. The van der Waals surface area contributed by atoms with Crippen LogP contribution in [-0.2, 0) is 9.59 Å². The minimum atomic E-state index is -0.838. The molecule has 0 saturated carbocycles. The van der Waals surface area contributed by atoms with E-state index in [1.165, 1.54) is 13.8 Å². The van der Waals surface area contributed by atoms with Gasteiger partial charge in [0.1, 0.15) is 0 Å². The van der Waals surface area contributed by atoms with Crippen LogP contribution in [-0.4, -0.2) is 54.4 Å². The van der Waals surface area contributed by atoms with Crippen molar-refractivity contribution in [3.63, 3.8) is 0 Å². The van der Waals surface area contributed by atoms with Crippen molar-refractivity contribution in [1.29, 1.82) is 0 Å². The molecule has 39 heavy (non-hydrogen) atoms. The fourth-order valence-corrected chi connectivity index (χ4v) is 3.73. The lowest BCUT2D eigenvalue weighted by Gasteiger charge is -2.14. The first-order valence-corrected chi connectivity index (χ1v) is 11.4. The van der Waals surface area contributed by atoms with Gasteiger partial charge in [-0.05, 0) is 26.0 Å². The van der Waals surface area contributed by atoms with Gasteiger partial charge >= 0.3 is 0 Å². The largest absolute Gasteiger partial charge is 0.285 e. The summed E-state index contributed by atoms with van der Waals surface area (Å²) in [5, 5.41) is 49.5. The van der Waals surface area contributed by atoms with E-state index >= 15 is 0 Å². The van der Waals surface area contributed by atoms with Crippen LogP contribution >= 0.6 is 11.8 Å². The van der Waals surface area contributed by atoms with E-state index in [9.17, 15) is 50.0 Å². The van der Waals surface area contributed by atoms with Crippen LogP contribution in [0.4, 0.5) is 22.7 Å². The monoisotopic (exact) mass is 562 g/mol. The number of hydrazone groups is 2. The number of non-ortho nitro benzene ring substituents is 2. The molecule has 2 N–H and O–H groups in total. The number of nitro benzene ring substituents is 4. The van der Waals surface area contributed by atoms with Crippen molar-refractivity contribution in [3.05, 3.63) is 88.0 Å². The van der Waals surface area contributed by atoms with Crippen molar-refractivity contribution in [1.82, 2.24) is 10.9 Å². The Hall–Kier alpha value is -5.33. The van der Waals surface area contributed by atoms with E-state index in [-0.39, 0.29) is 11.1 Å². The quantitative estimate of drug-likeness (QED) is 0.215. The second kappa shape index (κ2) is 13.3. The van der Waals surface area contributed by atoms with Crippen molar-refractivity contribution in [2.45, 2.75) is 24.3 Å². The number of hydrogen-bond acceptors (Lipinski definition) is 13. The van der Waals surface area contributed by atoms with E-state index in [1.807, 2.05) is 0 Å². The zero-order chi connectivity index (χ0) is 29.3. The van der Waals surface area contributed by atoms with Gasteiger partial charge in [0.15, 0.2) is 0 Å². The van der Waals surface area contributed by atoms with Gasteiger partial charge in [-0.1, -0.05) is 0 Å². The van der Waals surface area contributed by atoms with Gasteiger partial charge in [-0.25, -0.2) is 10.9 Å². The minimum absolute atomic E-state index is 0.0925. The molecule has 2 rings (SSSR count). The lowest BCUT2D eigenvalue weighted by Crippen LogP contribution is -2.33. The lowest BCUT2D eigenvalue weighted by molar-refractivity contribution is -0.394. The van der Waals surface area contributed by atoms with Crippen LogP contribution in [0.1, 0.15) is 25.0 Å². The number of benzene rings is 2. The maximum absolute atomic E-state index is 12.3. The summed E-state index contributed by atoms with van der Waals surface area (Å²) < 4.78 is 0. The summed E-state index contributed by atoms with van der Waals surface area (Å²) in [6.07, 6.45) is 1.89. The summed E-state index contributed by atoms with van der Waals surface area (Å²) in [5.74, 6) is -1.32. The highest BCUT2D eigenvalue weighted by Gasteiger charge is 2.23. The predicted molar refractivity (Wildman–Crippen MR) is 137 cm³/mol. The number of nitro groups is 4. The standard InChI is InChI=1S/C20H18N8O10S/c1-11(19(29)23-21-9-13-3-5-15(25(31)32)7-17(13)27(35)36)39-12(2)20(30)24-22-10-14-4-6-16(26(33)34)8-18(14)28(37)38/h3-12H,1-2H3,(H,23,29)(H,24,30)/b21-9-,22-10+. The van der Waals surface area contributed by atoms with Gasteiger partial charge < -0.3 is 0 Å². The molecule has 2 aromatic rings. The Morgan fingerprint density at radius 3 is 1.38 bits per heavy atom. The lowest BCUT2D eigenvalue weighted by atomic mass is 10.2. The Labute approximate surface area is 221 Å². The zero-order valence-electron chi connectivity index (χ0n) is 19.9. The van der Waals surface area contributed by atoms with Crippen LogP contribution in [0.15, 0.2) is 46.6 Å². The van der Waals surface area contributed by atoms with Gasteiger partial charge in [0.2, 0.25) is 0 Å². The number of carbonyl (C=O) groups is 2. The maximum atomic E-state index is 12.3. The minimum Gasteiger partial charge on any atom is -0.272 e. The van der Waals surface area contributed by atoms with Crippen LogP contribution < -0.4 is 10.9 Å². The first-order valence-electron chi connectivity index (χ1n) is 10.5. The van der Waals surface area contributed by atoms with Gasteiger partial charge in [-0.3, -0.25) is 50.0 Å². The Balaban J connectivity index is 1.96. The molecule has 0 aliphatic rings. The number of carbonyl (C=O) groups excluding carboxylic acids is 2. The number of amides is 2. The molecule has 0 aromatic heterocycles. The fourth-order valence-electron chi connectivity index (χ4n) is 2.77. The highest BCUT2D eigenvalue weighted by atomic mass is 32.2. The zero-order valence-corrected chi connectivity index (χ0v) is 20.8. The second-order valence-corrected chi connectivity index (χ2v) is 9.09. The van der Waals surface area contributed by atoms with Crippen molar-refractivity contribution in [2.75, 3.05) is 0 Å². The van der Waals surface area contributed by atoms with Crippen LogP contribution in [0, 0.1) is 40.5 Å². The molecule has 2 amide bonds. The molecule has 0 radical (unpaired) electrons. The Kier molecular flexibility index (Phi) is 10.2. The third-order valence-corrected chi connectivity index (χ3v) is 5.99. The molecule has 0 saturated heterocycles. The molecule has 0 spiro atoms. The first kappa shape index (κ1) is 29.9. The van der Waals surface area contributed by atoms with E-state index < -0.39 is 64.8 Å². The van der Waals surface area contributed by atoms with Crippen LogP contribution in [0.2, 0.25) is 0 Å². The van der Waals surface area contributed by atoms with E-state index in [4.69, 9.17) is 0 Å². The Bertz CT molecular complexity index is 1290. The molecule has 2 atom stereocenters. The Morgan fingerprint density at radius 1 is 0.718 bits per heavy atom. The number of nitrogens with zero attached hydrogens (tertiary/aromatic N) is 6. The second-order valence-electron chi connectivity index (χ2n) is 7.40. The topological polar surface area (TPSA) is 255 Å². The molecule has 0 fully saturated rings. The molecule has 0 heterocycles. The molecule has 18 nitrogen and oxygen atoms in total. The van der Waals surface area contributed by atoms with Gasteiger partial charge in [0.25, 0.3) is 34.6 Å². The maximum Gasteiger partial charge on any atom is 0.285 e. The van der Waals surface area contributed by atoms with E-state index in [0.29, 0.717) is 0 Å². The van der Waals surface area contributed by atoms with Gasteiger partial charge in [0, 0.05) is 12.1 Å². The third kappa shape index (κ3) is 8.35. The van der Waals surface area contributed by atoms with E-state index in [1.54, 1.807) is 0 Å². The Morgan fingerprint density at radius 2 is 1.08 bits per heavy atom. The summed E-state index contributed by atoms with van der Waals surface area (Å²) in [5.41, 5.74) is 1.96. The summed E-state index contributed by atoms with van der Waals surface area (Å²) in [6, 6.07) is 5.79. The summed E-state index contributed by atoms with van der Waals surface area (Å²) in [6.45, 7) is 2.91. The molecular weight excluding hydrogens is 544 g/mol. The molecule has 204 valence electrons. The smallest absolute Gasteiger partial charge is 0.272 e. The highest BCUT2D eigenvalue weighted by molar-refractivity contribution is 8.01. The van der Waals surface area contributed by atoms with Crippen molar-refractivity contribution < 1.29 is 29.3 Å². The molecular formula is C20H18N8O10S. The molecule has 19 heteroatoms. The fraction of sp³-hybridized carbons (Fsp3) is 0.200. The van der Waals surface area contributed by atoms with Crippen LogP contribution in [0.25, 0.3) is 0 Å². The predicted octanol–water partition coefficient (Wildman–Crippen LogP) is 2.43. The van der Waals surface area contributed by atoms with E-state index in [2.05, 4.69) is 21.1 Å². The molecule has 2 aromatic carbocycles. The van der Waals surface area contributed by atoms with Crippen molar-refractivity contribution >= 4 is 58.8 Å². The average Bonchev–Trinajstić information content (AvgIpc) is 2.88. The SMILES string of the molecule is CC(SC(C)C(=O)N/N=C/c1ccc([N+](=O)[O-])cc1[N+](=O)[O-])C(=O)N/N=C\c1ccc([N+](=O)[O-])cc1[N+](=O)[O-]. The van der Waals surface area contributed by atoms with Gasteiger partial charge in [-0.15, -0.1) is 11.8 Å². The summed E-state index contributed by atoms with van der Waals surface area (Å²) in [4.78, 5) is 65.2. The van der Waals surface area contributed by atoms with Crippen molar-refractivity contribution in [3.8, 4) is 0 Å². The third-order valence-electron chi connectivity index (χ3n) is 4.75. The molecule has 0 aliphatic carbocycles. The van der Waals surface area contributed by atoms with Gasteiger partial charge in [-0.2, -0.15) is 10.2 Å².